The minimum absolute atomic E-state index is 0.0294. The molecule has 7 heteroatoms. The molecular formula is C26H35FN4O2. The second-order valence-corrected chi connectivity index (χ2v) is 8.21. The number of rotatable bonds is 12. The van der Waals surface area contributed by atoms with Gasteiger partial charge in [0.2, 0.25) is 5.91 Å². The Labute approximate surface area is 195 Å². The largest absolute Gasteiger partial charge is 0.491 e. The second kappa shape index (κ2) is 11.8. The molecule has 6 nitrogen and oxygen atoms in total. The Morgan fingerprint density at radius 2 is 1.85 bits per heavy atom. The number of benzene rings is 1. The topological polar surface area (TPSA) is 59.7 Å². The number of hydrogen-bond donors (Lipinski definition) is 0. The molecule has 0 fully saturated rings. The Hall–Kier alpha value is -2.96. The van der Waals surface area contributed by atoms with Gasteiger partial charge in [0.25, 0.3) is 0 Å². The Balaban J connectivity index is 2.09. The zero-order chi connectivity index (χ0) is 23.8. The fourth-order valence-electron chi connectivity index (χ4n) is 4.09. The number of carbonyl (C=O) groups is 1. The van der Waals surface area contributed by atoms with Crippen LogP contribution in [0.25, 0.3) is 16.9 Å². The number of fused-ring (bicyclic) bond motifs is 1. The lowest BCUT2D eigenvalue weighted by molar-refractivity contribution is -0.130. The number of unbranched alkanes of at least 4 members (excludes halogenated alkanes) is 2. The lowest BCUT2D eigenvalue weighted by atomic mass is 10.0. The minimum atomic E-state index is -0.530. The number of likely N-dealkylation sites (N-methyl/N-ethyl adjacent to an activating group) is 1. The molecule has 1 amide bonds. The van der Waals surface area contributed by atoms with Crippen molar-refractivity contribution in [1.29, 1.82) is 0 Å². The standard InChI is InChI=1S/C26H35FN4O2/c1-5-8-9-10-21-17-19(4)28-26-23(18-24(32)30(6-2)7-3)25(29-31(21)26)20-11-13-22(14-12-20)33-16-15-27/h11-14,17H,5-10,15-16,18H2,1-4H3. The number of amides is 1. The maximum Gasteiger partial charge on any atom is 0.227 e. The average molecular weight is 455 g/mol. The Morgan fingerprint density at radius 3 is 2.48 bits per heavy atom. The van der Waals surface area contributed by atoms with Crippen LogP contribution in [0.5, 0.6) is 5.75 Å². The van der Waals surface area contributed by atoms with Crippen LogP contribution in [0.2, 0.25) is 0 Å². The van der Waals surface area contributed by atoms with Crippen LogP contribution in [-0.4, -0.2) is 51.8 Å². The number of ether oxygens (including phenoxy) is 1. The Bertz CT molecular complexity index is 1060. The van der Waals surface area contributed by atoms with Gasteiger partial charge in [0, 0.05) is 35.6 Å². The lowest BCUT2D eigenvalue weighted by Crippen LogP contribution is -2.31. The van der Waals surface area contributed by atoms with E-state index >= 15 is 0 Å². The molecule has 0 radical (unpaired) electrons. The molecule has 1 aromatic carbocycles. The van der Waals surface area contributed by atoms with Crippen LogP contribution in [0.15, 0.2) is 30.3 Å². The minimum Gasteiger partial charge on any atom is -0.491 e. The normalized spacial score (nSPS) is 11.2. The number of aryl methyl sites for hydroxylation is 2. The number of hydrogen-bond acceptors (Lipinski definition) is 4. The summed E-state index contributed by atoms with van der Waals surface area (Å²) in [4.78, 5) is 19.7. The van der Waals surface area contributed by atoms with Gasteiger partial charge in [-0.25, -0.2) is 13.9 Å². The number of nitrogens with zero attached hydrogens (tertiary/aromatic N) is 4. The summed E-state index contributed by atoms with van der Waals surface area (Å²) in [5.74, 6) is 0.671. The van der Waals surface area contributed by atoms with Gasteiger partial charge in [-0.15, -0.1) is 0 Å². The molecule has 178 valence electrons. The van der Waals surface area contributed by atoms with E-state index in [0.717, 1.165) is 59.5 Å². The molecule has 0 saturated heterocycles. The van der Waals surface area contributed by atoms with Gasteiger partial charge in [0.1, 0.15) is 19.0 Å². The fourth-order valence-corrected chi connectivity index (χ4v) is 4.09. The molecule has 2 aromatic heterocycles. The van der Waals surface area contributed by atoms with Crippen LogP contribution in [0.3, 0.4) is 0 Å². The van der Waals surface area contributed by atoms with E-state index in [0.29, 0.717) is 18.8 Å². The highest BCUT2D eigenvalue weighted by Gasteiger charge is 2.22. The summed E-state index contributed by atoms with van der Waals surface area (Å²) < 4.78 is 19.7. The van der Waals surface area contributed by atoms with Crippen molar-refractivity contribution in [3.63, 3.8) is 0 Å². The van der Waals surface area contributed by atoms with E-state index in [4.69, 9.17) is 14.8 Å². The number of aromatic nitrogens is 3. The maximum atomic E-state index is 13.1. The summed E-state index contributed by atoms with van der Waals surface area (Å²) >= 11 is 0. The van der Waals surface area contributed by atoms with Gasteiger partial charge in [0.05, 0.1) is 12.1 Å². The number of alkyl halides is 1. The van der Waals surface area contributed by atoms with Crippen molar-refractivity contribution in [3.8, 4) is 17.0 Å². The van der Waals surface area contributed by atoms with Crippen LogP contribution in [0.4, 0.5) is 4.39 Å². The third-order valence-corrected chi connectivity index (χ3v) is 5.84. The van der Waals surface area contributed by atoms with E-state index in [-0.39, 0.29) is 18.9 Å². The predicted molar refractivity (Wildman–Crippen MR) is 129 cm³/mol. The van der Waals surface area contributed by atoms with E-state index in [1.165, 1.54) is 0 Å². The SMILES string of the molecule is CCCCCc1cc(C)nc2c(CC(=O)N(CC)CC)c(-c3ccc(OCCF)cc3)nn12. The summed E-state index contributed by atoms with van der Waals surface area (Å²) in [7, 11) is 0. The third kappa shape index (κ3) is 5.89. The molecule has 0 aliphatic heterocycles. The van der Waals surface area contributed by atoms with E-state index < -0.39 is 6.67 Å². The highest BCUT2D eigenvalue weighted by atomic mass is 19.1. The van der Waals surface area contributed by atoms with Crippen molar-refractivity contribution in [2.75, 3.05) is 26.4 Å². The molecule has 3 aromatic rings. The van der Waals surface area contributed by atoms with Gasteiger partial charge in [0.15, 0.2) is 5.65 Å². The number of halogens is 1. The van der Waals surface area contributed by atoms with Crippen molar-refractivity contribution in [2.24, 2.45) is 0 Å². The van der Waals surface area contributed by atoms with Gasteiger partial charge >= 0.3 is 0 Å². The van der Waals surface area contributed by atoms with Gasteiger partial charge in [-0.05, 0) is 63.9 Å². The fraction of sp³-hybridized carbons (Fsp3) is 0.500. The maximum absolute atomic E-state index is 13.1. The van der Waals surface area contributed by atoms with Crippen LogP contribution >= 0.6 is 0 Å². The zero-order valence-corrected chi connectivity index (χ0v) is 20.2. The van der Waals surface area contributed by atoms with E-state index in [9.17, 15) is 9.18 Å². The first-order valence-corrected chi connectivity index (χ1v) is 12.0. The van der Waals surface area contributed by atoms with E-state index in [2.05, 4.69) is 13.0 Å². The molecule has 0 aliphatic carbocycles. The summed E-state index contributed by atoms with van der Waals surface area (Å²) in [6, 6.07) is 9.52. The second-order valence-electron chi connectivity index (χ2n) is 8.21. The first-order valence-electron chi connectivity index (χ1n) is 12.0. The summed E-state index contributed by atoms with van der Waals surface area (Å²) in [6.07, 6.45) is 4.54. The highest BCUT2D eigenvalue weighted by Crippen LogP contribution is 2.29. The molecule has 3 rings (SSSR count). The molecule has 0 unspecified atom stereocenters. The lowest BCUT2D eigenvalue weighted by Gasteiger charge is -2.18. The van der Waals surface area contributed by atoms with Gasteiger partial charge < -0.3 is 9.64 Å². The first kappa shape index (κ1) is 24.7. The Morgan fingerprint density at radius 1 is 1.12 bits per heavy atom. The molecular weight excluding hydrogens is 419 g/mol. The van der Waals surface area contributed by atoms with Crippen molar-refractivity contribution in [3.05, 3.63) is 47.3 Å². The first-order chi connectivity index (χ1) is 16.0. The molecule has 0 atom stereocenters. The molecule has 2 heterocycles. The van der Waals surface area contributed by atoms with Crippen LogP contribution in [0, 0.1) is 6.92 Å². The molecule has 33 heavy (non-hydrogen) atoms. The molecule has 0 aliphatic rings. The highest BCUT2D eigenvalue weighted by molar-refractivity contribution is 5.84. The molecule has 0 saturated carbocycles. The van der Waals surface area contributed by atoms with Crippen LogP contribution in [-0.2, 0) is 17.6 Å². The predicted octanol–water partition coefficient (Wildman–Crippen LogP) is 5.20. The third-order valence-electron chi connectivity index (χ3n) is 5.84. The summed E-state index contributed by atoms with van der Waals surface area (Å²) in [5, 5.41) is 4.94. The van der Waals surface area contributed by atoms with Gasteiger partial charge in [-0.3, -0.25) is 4.79 Å². The summed E-state index contributed by atoms with van der Waals surface area (Å²) in [6.45, 7) is 8.99. The van der Waals surface area contributed by atoms with Crippen molar-refractivity contribution in [1.82, 2.24) is 19.5 Å². The van der Waals surface area contributed by atoms with Gasteiger partial charge in [-0.1, -0.05) is 19.8 Å². The quantitative estimate of drug-likeness (QED) is 0.353. The van der Waals surface area contributed by atoms with Crippen LogP contribution < -0.4 is 4.74 Å². The van der Waals surface area contributed by atoms with E-state index in [1.54, 1.807) is 0 Å². The van der Waals surface area contributed by atoms with Crippen molar-refractivity contribution < 1.29 is 13.9 Å². The monoisotopic (exact) mass is 454 g/mol. The zero-order valence-electron chi connectivity index (χ0n) is 20.2. The van der Waals surface area contributed by atoms with Crippen molar-refractivity contribution >= 4 is 11.6 Å². The van der Waals surface area contributed by atoms with Gasteiger partial charge in [-0.2, -0.15) is 5.10 Å². The molecule has 0 spiro atoms. The van der Waals surface area contributed by atoms with Crippen molar-refractivity contribution in [2.45, 2.75) is 59.8 Å². The molecule has 0 bridgehead atoms. The number of carbonyl (C=O) groups excluding carboxylic acids is 1. The van der Waals surface area contributed by atoms with Crippen LogP contribution in [0.1, 0.15) is 57.0 Å². The average Bonchev–Trinajstić information content (AvgIpc) is 3.17. The smallest absolute Gasteiger partial charge is 0.227 e. The molecule has 0 N–H and O–H groups in total. The van der Waals surface area contributed by atoms with E-state index in [1.807, 2.05) is 54.5 Å². The summed E-state index contributed by atoms with van der Waals surface area (Å²) in [5.41, 5.74) is 5.25. The Kier molecular flexibility index (Phi) is 8.80.